The molecule has 0 spiro atoms. The van der Waals surface area contributed by atoms with Gasteiger partial charge in [-0.05, 0) is 30.3 Å². The van der Waals surface area contributed by atoms with Crippen LogP contribution in [0.25, 0.3) is 0 Å². The Bertz CT molecular complexity index is 697. The average Bonchev–Trinajstić information content (AvgIpc) is 2.60. The van der Waals surface area contributed by atoms with Crippen LogP contribution in [-0.4, -0.2) is 31.9 Å². The van der Waals surface area contributed by atoms with Gasteiger partial charge in [-0.1, -0.05) is 12.1 Å². The maximum atomic E-state index is 13.1. The van der Waals surface area contributed by atoms with Crippen LogP contribution in [0.2, 0.25) is 0 Å². The van der Waals surface area contributed by atoms with Gasteiger partial charge in [0.2, 0.25) is 5.91 Å². The molecule has 7 heteroatoms. The minimum Gasteiger partial charge on any atom is -0.493 e. The van der Waals surface area contributed by atoms with Gasteiger partial charge in [0.1, 0.15) is 6.61 Å². The van der Waals surface area contributed by atoms with E-state index in [1.807, 2.05) is 12.1 Å². The molecule has 0 heterocycles. The molecule has 0 bridgehead atoms. The van der Waals surface area contributed by atoms with E-state index in [-0.39, 0.29) is 11.7 Å². The van der Waals surface area contributed by atoms with Crippen LogP contribution >= 0.6 is 11.8 Å². The van der Waals surface area contributed by atoms with Crippen LogP contribution in [0.15, 0.2) is 47.4 Å². The molecule has 0 aromatic heterocycles. The monoisotopic (exact) mass is 353 g/mol. The average molecular weight is 353 g/mol. The highest BCUT2D eigenvalue weighted by atomic mass is 32.2. The Morgan fingerprint density at radius 1 is 1.12 bits per heavy atom. The fraction of sp³-hybridized carbons (Fsp3) is 0.235. The zero-order valence-electron chi connectivity index (χ0n) is 13.1. The number of halogens is 2. The fourth-order valence-corrected chi connectivity index (χ4v) is 2.61. The van der Waals surface area contributed by atoms with E-state index in [0.29, 0.717) is 29.5 Å². The van der Waals surface area contributed by atoms with Crippen molar-refractivity contribution in [2.24, 2.45) is 0 Å². The summed E-state index contributed by atoms with van der Waals surface area (Å²) in [6.07, 6.45) is 0. The molecule has 0 saturated heterocycles. The molecule has 2 aromatic carbocycles. The number of nitrogens with one attached hydrogen (secondary N) is 1. The third-order valence-corrected chi connectivity index (χ3v) is 4.01. The number of carbonyl (C=O) groups is 1. The van der Waals surface area contributed by atoms with Crippen molar-refractivity contribution in [2.45, 2.75) is 4.90 Å². The lowest BCUT2D eigenvalue weighted by molar-refractivity contribution is -0.118. The predicted octanol–water partition coefficient (Wildman–Crippen LogP) is 3.26. The highest BCUT2D eigenvalue weighted by Crippen LogP contribution is 2.25. The van der Waals surface area contributed by atoms with Crippen molar-refractivity contribution in [3.05, 3.63) is 54.1 Å². The van der Waals surface area contributed by atoms with Crippen LogP contribution in [0.1, 0.15) is 0 Å². The molecule has 0 aliphatic carbocycles. The van der Waals surface area contributed by atoms with Crippen molar-refractivity contribution >= 4 is 17.7 Å². The minimum absolute atomic E-state index is 0.111. The molecule has 24 heavy (non-hydrogen) atoms. The molecule has 0 saturated carbocycles. The summed E-state index contributed by atoms with van der Waals surface area (Å²) in [5, 5.41) is 2.69. The van der Waals surface area contributed by atoms with Crippen LogP contribution in [0.4, 0.5) is 8.78 Å². The number of benzene rings is 2. The van der Waals surface area contributed by atoms with Crippen molar-refractivity contribution < 1.29 is 23.0 Å². The summed E-state index contributed by atoms with van der Waals surface area (Å²) in [5.74, 6) is -0.709. The predicted molar refractivity (Wildman–Crippen MR) is 88.6 cm³/mol. The van der Waals surface area contributed by atoms with E-state index in [9.17, 15) is 13.6 Å². The molecule has 0 unspecified atom stereocenters. The van der Waals surface area contributed by atoms with Gasteiger partial charge in [0.05, 0.1) is 19.4 Å². The summed E-state index contributed by atoms with van der Waals surface area (Å²) < 4.78 is 36.6. The fourth-order valence-electron chi connectivity index (χ4n) is 1.86. The van der Waals surface area contributed by atoms with Crippen molar-refractivity contribution in [3.63, 3.8) is 0 Å². The molecule has 1 amide bonds. The van der Waals surface area contributed by atoms with Gasteiger partial charge < -0.3 is 14.8 Å². The van der Waals surface area contributed by atoms with Crippen molar-refractivity contribution in [1.82, 2.24) is 5.32 Å². The van der Waals surface area contributed by atoms with Gasteiger partial charge in [0.25, 0.3) is 0 Å². The number of rotatable bonds is 8. The number of para-hydroxylation sites is 2. The standard InChI is InChI=1S/C17H17F2NO3S/c1-22-15-4-2-3-5-16(15)23-9-8-20-17(21)11-24-12-6-7-13(18)14(19)10-12/h2-7,10H,8-9,11H2,1H3,(H,20,21). The summed E-state index contributed by atoms with van der Waals surface area (Å²) in [6.45, 7) is 0.622. The second kappa shape index (κ2) is 9.12. The van der Waals surface area contributed by atoms with Crippen LogP contribution in [0, 0.1) is 11.6 Å². The second-order valence-electron chi connectivity index (χ2n) is 4.71. The Morgan fingerprint density at radius 2 is 1.88 bits per heavy atom. The number of hydrogen-bond donors (Lipinski definition) is 1. The summed E-state index contributed by atoms with van der Waals surface area (Å²) >= 11 is 1.13. The van der Waals surface area contributed by atoms with Gasteiger partial charge in [0.15, 0.2) is 23.1 Å². The Kier molecular flexibility index (Phi) is 6.87. The number of thioether (sulfide) groups is 1. The first-order valence-corrected chi connectivity index (χ1v) is 8.19. The van der Waals surface area contributed by atoms with Crippen LogP contribution in [0.3, 0.4) is 0 Å². The van der Waals surface area contributed by atoms with Crippen LogP contribution in [0.5, 0.6) is 11.5 Å². The lowest BCUT2D eigenvalue weighted by Gasteiger charge is -2.10. The van der Waals surface area contributed by atoms with Crippen molar-refractivity contribution in [1.29, 1.82) is 0 Å². The molecule has 128 valence electrons. The highest BCUT2D eigenvalue weighted by molar-refractivity contribution is 8.00. The molecule has 1 N–H and O–H groups in total. The normalized spacial score (nSPS) is 10.3. The summed E-state index contributed by atoms with van der Waals surface area (Å²) in [4.78, 5) is 12.2. The third kappa shape index (κ3) is 5.42. The molecule has 0 aliphatic heterocycles. The van der Waals surface area contributed by atoms with Gasteiger partial charge in [-0.15, -0.1) is 11.8 Å². The Morgan fingerprint density at radius 3 is 2.58 bits per heavy atom. The third-order valence-electron chi connectivity index (χ3n) is 3.01. The molecule has 0 atom stereocenters. The quantitative estimate of drug-likeness (QED) is 0.585. The smallest absolute Gasteiger partial charge is 0.230 e. The van der Waals surface area contributed by atoms with Gasteiger partial charge in [-0.25, -0.2) is 8.78 Å². The van der Waals surface area contributed by atoms with E-state index >= 15 is 0 Å². The maximum Gasteiger partial charge on any atom is 0.230 e. The first-order chi connectivity index (χ1) is 11.6. The number of ether oxygens (including phenoxy) is 2. The zero-order valence-corrected chi connectivity index (χ0v) is 13.9. The largest absolute Gasteiger partial charge is 0.493 e. The SMILES string of the molecule is COc1ccccc1OCCNC(=O)CSc1ccc(F)c(F)c1. The van der Waals surface area contributed by atoms with E-state index in [0.717, 1.165) is 23.9 Å². The lowest BCUT2D eigenvalue weighted by atomic mass is 10.3. The Labute approximate surface area is 143 Å². The molecular formula is C17H17F2NO3S. The van der Waals surface area contributed by atoms with Gasteiger partial charge in [0, 0.05) is 4.90 Å². The number of methoxy groups -OCH3 is 1. The van der Waals surface area contributed by atoms with Crippen LogP contribution in [-0.2, 0) is 4.79 Å². The van der Waals surface area contributed by atoms with E-state index in [1.54, 1.807) is 19.2 Å². The highest BCUT2D eigenvalue weighted by Gasteiger charge is 2.07. The second-order valence-corrected chi connectivity index (χ2v) is 5.76. The number of amides is 1. The van der Waals surface area contributed by atoms with E-state index in [1.165, 1.54) is 6.07 Å². The molecule has 0 radical (unpaired) electrons. The summed E-state index contributed by atoms with van der Waals surface area (Å²) in [6, 6.07) is 10.8. The molecule has 2 aromatic rings. The molecule has 2 rings (SSSR count). The van der Waals surface area contributed by atoms with E-state index < -0.39 is 11.6 Å². The van der Waals surface area contributed by atoms with E-state index in [4.69, 9.17) is 9.47 Å². The lowest BCUT2D eigenvalue weighted by Crippen LogP contribution is -2.29. The summed E-state index contributed by atoms with van der Waals surface area (Å²) in [5.41, 5.74) is 0. The topological polar surface area (TPSA) is 47.6 Å². The van der Waals surface area contributed by atoms with Gasteiger partial charge >= 0.3 is 0 Å². The van der Waals surface area contributed by atoms with Crippen LogP contribution < -0.4 is 14.8 Å². The van der Waals surface area contributed by atoms with Crippen molar-refractivity contribution in [2.75, 3.05) is 26.0 Å². The molecule has 0 aliphatic rings. The van der Waals surface area contributed by atoms with Gasteiger partial charge in [-0.2, -0.15) is 0 Å². The number of hydrogen-bond acceptors (Lipinski definition) is 4. The molecular weight excluding hydrogens is 336 g/mol. The first-order valence-electron chi connectivity index (χ1n) is 7.20. The number of carbonyl (C=O) groups excluding carboxylic acids is 1. The minimum atomic E-state index is -0.925. The zero-order chi connectivity index (χ0) is 17.4. The Balaban J connectivity index is 1.69. The summed E-state index contributed by atoms with van der Waals surface area (Å²) in [7, 11) is 1.56. The van der Waals surface area contributed by atoms with Gasteiger partial charge in [-0.3, -0.25) is 4.79 Å². The van der Waals surface area contributed by atoms with E-state index in [2.05, 4.69) is 5.32 Å². The molecule has 0 fully saturated rings. The van der Waals surface area contributed by atoms with Crippen molar-refractivity contribution in [3.8, 4) is 11.5 Å². The Hall–Kier alpha value is -2.28. The molecule has 4 nitrogen and oxygen atoms in total. The first kappa shape index (κ1) is 18.1. The maximum absolute atomic E-state index is 13.1.